The molecule has 0 radical (unpaired) electrons. The molecule has 5 nitrogen and oxygen atoms in total. The fourth-order valence-corrected chi connectivity index (χ4v) is 7.04. The van der Waals surface area contributed by atoms with Gasteiger partial charge in [-0.1, -0.05) is 237 Å². The zero-order valence-corrected chi connectivity index (χ0v) is 45.0. The van der Waals surface area contributed by atoms with Gasteiger partial charge >= 0.3 is 11.9 Å². The Kier molecular flexibility index (Phi) is 55.1. The maximum atomic E-state index is 12.8. The lowest BCUT2D eigenvalue weighted by Crippen LogP contribution is -2.29. The predicted molar refractivity (Wildman–Crippen MR) is 306 cm³/mol. The Morgan fingerprint density at radius 2 is 0.643 bits per heavy atom. The molecule has 70 heavy (non-hydrogen) atoms. The summed E-state index contributed by atoms with van der Waals surface area (Å²) in [5.74, 6) is -0.577. The van der Waals surface area contributed by atoms with Gasteiger partial charge in [-0.25, -0.2) is 0 Å². The molecule has 0 saturated heterocycles. The molecule has 5 heteroatoms. The predicted octanol–water partition coefficient (Wildman–Crippen LogP) is 19.5. The average Bonchev–Trinajstić information content (AvgIpc) is 3.36. The van der Waals surface area contributed by atoms with E-state index in [1.54, 1.807) is 0 Å². The van der Waals surface area contributed by atoms with Crippen molar-refractivity contribution in [1.29, 1.82) is 0 Å². The Balaban J connectivity index is 4.45. The molecule has 0 fully saturated rings. The van der Waals surface area contributed by atoms with Gasteiger partial charge in [0.1, 0.15) is 6.61 Å². The van der Waals surface area contributed by atoms with E-state index < -0.39 is 6.10 Å². The lowest BCUT2D eigenvalue weighted by Gasteiger charge is -2.18. The van der Waals surface area contributed by atoms with E-state index in [-0.39, 0.29) is 31.6 Å². The van der Waals surface area contributed by atoms with E-state index in [1.165, 1.54) is 51.4 Å². The molecule has 0 bridgehead atoms. The van der Waals surface area contributed by atoms with Crippen molar-refractivity contribution in [2.45, 2.75) is 219 Å². The maximum Gasteiger partial charge on any atom is 0.310 e. The summed E-state index contributed by atoms with van der Waals surface area (Å²) in [5.41, 5.74) is 0. The zero-order chi connectivity index (χ0) is 50.6. The van der Waals surface area contributed by atoms with Crippen molar-refractivity contribution < 1.29 is 23.8 Å². The minimum Gasteiger partial charge on any atom is -0.462 e. The molecule has 0 saturated carbocycles. The Hall–Kier alpha value is -4.48. The largest absolute Gasteiger partial charge is 0.462 e. The molecule has 0 aromatic carbocycles. The Morgan fingerprint density at radius 3 is 1.03 bits per heavy atom. The summed E-state index contributed by atoms with van der Waals surface area (Å²) in [4.78, 5) is 25.4. The van der Waals surface area contributed by atoms with E-state index >= 15 is 0 Å². The molecular weight excluding hydrogens is 861 g/mol. The summed E-state index contributed by atoms with van der Waals surface area (Å²) in [6.45, 7) is 7.32. The summed E-state index contributed by atoms with van der Waals surface area (Å²) in [7, 11) is 0. The molecule has 0 spiro atoms. The number of rotatable bonds is 49. The molecule has 0 rings (SSSR count). The highest BCUT2D eigenvalue weighted by molar-refractivity contribution is 5.71. The number of hydrogen-bond acceptors (Lipinski definition) is 5. The summed E-state index contributed by atoms with van der Waals surface area (Å²) in [5, 5.41) is 0. The lowest BCUT2D eigenvalue weighted by atomic mass is 10.1. The molecule has 1 atom stereocenters. The van der Waals surface area contributed by atoms with E-state index in [9.17, 15) is 9.59 Å². The van der Waals surface area contributed by atoms with Gasteiger partial charge in [-0.15, -0.1) is 0 Å². The first-order valence-electron chi connectivity index (χ1n) is 28.0. The molecule has 0 aromatic rings. The van der Waals surface area contributed by atoms with Gasteiger partial charge in [0, 0.05) is 13.0 Å². The summed E-state index contributed by atoms with van der Waals surface area (Å²) in [6.07, 6.45) is 87.1. The van der Waals surface area contributed by atoms with Crippen LogP contribution in [0.25, 0.3) is 0 Å². The topological polar surface area (TPSA) is 61.8 Å². The van der Waals surface area contributed by atoms with Crippen molar-refractivity contribution in [1.82, 2.24) is 0 Å². The quantitative estimate of drug-likeness (QED) is 0.0345. The van der Waals surface area contributed by atoms with Crippen LogP contribution < -0.4 is 0 Å². The molecule has 0 aromatic heterocycles. The van der Waals surface area contributed by atoms with Gasteiger partial charge in [-0.2, -0.15) is 0 Å². The van der Waals surface area contributed by atoms with Gasteiger partial charge in [0.15, 0.2) is 6.10 Å². The number of hydrogen-bond donors (Lipinski definition) is 0. The SMILES string of the molecule is CC/C=C\C/C=C\C/C=C\C/C=C\C/C=C\CC(=O)OC(COCCCCCCCCC/C=C\C/C=C\C/C=C\C/C=C\CC)COC(=O)CCCCCCCC/C=C\C/C=C\C/C=C\C/C=C\CC. The number of allylic oxidation sites excluding steroid dienone is 25. The number of carbonyl (C=O) groups is 2. The summed E-state index contributed by atoms with van der Waals surface area (Å²) < 4.78 is 17.3. The van der Waals surface area contributed by atoms with Crippen LogP contribution in [-0.4, -0.2) is 37.9 Å². The number of carbonyl (C=O) groups excluding carboxylic acids is 2. The Labute approximate surface area is 431 Å². The van der Waals surface area contributed by atoms with Gasteiger partial charge in [-0.3, -0.25) is 9.59 Å². The highest BCUT2D eigenvalue weighted by Gasteiger charge is 2.17. The minimum atomic E-state index is -0.616. The van der Waals surface area contributed by atoms with Crippen LogP contribution in [0.15, 0.2) is 158 Å². The van der Waals surface area contributed by atoms with Crippen molar-refractivity contribution in [3.05, 3.63) is 158 Å². The van der Waals surface area contributed by atoms with Crippen molar-refractivity contribution in [3.8, 4) is 0 Å². The van der Waals surface area contributed by atoms with Crippen molar-refractivity contribution in [3.63, 3.8) is 0 Å². The van der Waals surface area contributed by atoms with Gasteiger partial charge in [0.05, 0.1) is 13.0 Å². The summed E-state index contributed by atoms with van der Waals surface area (Å²) >= 11 is 0. The monoisotopic (exact) mass is 963 g/mol. The lowest BCUT2D eigenvalue weighted by molar-refractivity contribution is -0.162. The molecule has 0 aliphatic rings. The van der Waals surface area contributed by atoms with Gasteiger partial charge < -0.3 is 14.2 Å². The average molecular weight is 964 g/mol. The first kappa shape index (κ1) is 65.5. The van der Waals surface area contributed by atoms with Crippen LogP contribution in [0.3, 0.4) is 0 Å². The van der Waals surface area contributed by atoms with E-state index in [0.29, 0.717) is 13.0 Å². The minimum absolute atomic E-state index is 0.0223. The number of unbranched alkanes of at least 4 members (excludes halogenated alkanes) is 13. The fraction of sp³-hybridized carbons (Fsp3) is 0.569. The van der Waals surface area contributed by atoms with Crippen molar-refractivity contribution in [2.75, 3.05) is 19.8 Å². The second-order valence-corrected chi connectivity index (χ2v) is 17.7. The molecule has 0 heterocycles. The van der Waals surface area contributed by atoms with Crippen LogP contribution >= 0.6 is 0 Å². The number of esters is 2. The molecule has 392 valence electrons. The van der Waals surface area contributed by atoms with Crippen molar-refractivity contribution in [2.24, 2.45) is 0 Å². The molecule has 0 aliphatic heterocycles. The third-order valence-corrected chi connectivity index (χ3v) is 11.1. The van der Waals surface area contributed by atoms with Crippen molar-refractivity contribution >= 4 is 11.9 Å². The smallest absolute Gasteiger partial charge is 0.310 e. The third kappa shape index (κ3) is 56.1. The zero-order valence-electron chi connectivity index (χ0n) is 45.0. The highest BCUT2D eigenvalue weighted by atomic mass is 16.6. The van der Waals surface area contributed by atoms with Crippen LogP contribution in [0.1, 0.15) is 213 Å². The second kappa shape index (κ2) is 58.8. The van der Waals surface area contributed by atoms with Gasteiger partial charge in [0.25, 0.3) is 0 Å². The normalized spacial score (nSPS) is 13.5. The van der Waals surface area contributed by atoms with E-state index in [0.717, 1.165) is 128 Å². The standard InChI is InChI=1S/C65H102O5/c1-4-7-10-13-16-19-22-25-28-30-32-34-36-39-42-45-48-51-54-57-60-68-61-63(70-65(67)59-56-53-50-47-44-41-37-27-24-21-18-15-12-9-6-3)62-69-64(66)58-55-52-49-46-43-40-38-35-33-31-29-26-23-20-17-14-11-8-5-2/h7-12,16-21,25-29,32-35,37,44,47,53,56,63H,4-6,13-15,22-24,30-31,36,38-43,45-46,48-52,54-55,57-62H2,1-3H3/b10-7-,11-8-,12-9-,19-16-,20-17-,21-18-,28-25-,29-26-,34-32-,35-33-,37-27-,47-44-,56-53-. The van der Waals surface area contributed by atoms with Crippen LogP contribution in [0.4, 0.5) is 0 Å². The molecule has 0 aliphatic carbocycles. The summed E-state index contributed by atoms with van der Waals surface area (Å²) in [6, 6.07) is 0. The first-order valence-corrected chi connectivity index (χ1v) is 28.0. The molecule has 0 N–H and O–H groups in total. The maximum absolute atomic E-state index is 12.8. The first-order chi connectivity index (χ1) is 34.6. The molecule has 1 unspecified atom stereocenters. The fourth-order valence-electron chi connectivity index (χ4n) is 7.04. The van der Waals surface area contributed by atoms with E-state index in [2.05, 4.69) is 167 Å². The van der Waals surface area contributed by atoms with Gasteiger partial charge in [-0.05, 0) is 122 Å². The Morgan fingerprint density at radius 1 is 0.329 bits per heavy atom. The second-order valence-electron chi connectivity index (χ2n) is 17.7. The molecular formula is C65H102O5. The van der Waals surface area contributed by atoms with Crippen LogP contribution in [0.5, 0.6) is 0 Å². The van der Waals surface area contributed by atoms with E-state index in [1.807, 2.05) is 12.2 Å². The van der Waals surface area contributed by atoms with Crippen LogP contribution in [0, 0.1) is 0 Å². The van der Waals surface area contributed by atoms with Gasteiger partial charge in [0.2, 0.25) is 0 Å². The number of ether oxygens (including phenoxy) is 3. The third-order valence-electron chi connectivity index (χ3n) is 11.1. The van der Waals surface area contributed by atoms with Crippen LogP contribution in [-0.2, 0) is 23.8 Å². The van der Waals surface area contributed by atoms with Crippen LogP contribution in [0.2, 0.25) is 0 Å². The van der Waals surface area contributed by atoms with E-state index in [4.69, 9.17) is 14.2 Å². The Bertz CT molecular complexity index is 1560. The highest BCUT2D eigenvalue weighted by Crippen LogP contribution is 2.12. The molecule has 0 amide bonds.